The van der Waals surface area contributed by atoms with E-state index in [2.05, 4.69) is 4.98 Å². The number of benzene rings is 4. The van der Waals surface area contributed by atoms with Crippen molar-refractivity contribution in [2.24, 2.45) is 0 Å². The van der Waals surface area contributed by atoms with E-state index in [1.165, 1.54) is 6.92 Å². The fourth-order valence-electron chi connectivity index (χ4n) is 6.07. The number of oxazole rings is 1. The van der Waals surface area contributed by atoms with Gasteiger partial charge in [-0.2, -0.15) is 0 Å². The molecule has 5 aromatic rings. The Bertz CT molecular complexity index is 2190. The molecule has 0 N–H and O–H groups in total. The van der Waals surface area contributed by atoms with Crippen LogP contribution in [0.25, 0.3) is 35.8 Å². The van der Waals surface area contributed by atoms with Crippen LogP contribution in [0.5, 0.6) is 0 Å². The van der Waals surface area contributed by atoms with Crippen LogP contribution in [0.2, 0.25) is 10.0 Å². The lowest BCUT2D eigenvalue weighted by molar-refractivity contribution is -0.117. The molecular formula is C42H37Cl2N3O5. The largest absolute Gasteiger partial charge is 0.462 e. The van der Waals surface area contributed by atoms with E-state index in [0.717, 1.165) is 63.2 Å². The summed E-state index contributed by atoms with van der Waals surface area (Å²) in [5.41, 5.74) is 8.76. The highest BCUT2D eigenvalue weighted by Gasteiger charge is 2.21. The average molecular weight is 735 g/mol. The molecule has 7 rings (SSSR count). The van der Waals surface area contributed by atoms with Gasteiger partial charge < -0.3 is 19.0 Å². The second-order valence-electron chi connectivity index (χ2n) is 12.4. The maximum absolute atomic E-state index is 12.3. The fourth-order valence-corrected chi connectivity index (χ4v) is 6.43. The molecular weight excluding hydrogens is 697 g/mol. The van der Waals surface area contributed by atoms with E-state index in [-0.39, 0.29) is 17.8 Å². The number of carbonyl (C=O) groups excluding carboxylic acids is 3. The van der Waals surface area contributed by atoms with Crippen molar-refractivity contribution in [2.45, 2.75) is 46.7 Å². The summed E-state index contributed by atoms with van der Waals surface area (Å²) in [5.74, 6) is 0.135. The number of carbonyl (C=O) groups is 3. The number of unbranched alkanes of at least 4 members (excludes halogenated alkanes) is 1. The molecule has 2 amide bonds. The van der Waals surface area contributed by atoms with E-state index < -0.39 is 0 Å². The molecule has 264 valence electrons. The predicted molar refractivity (Wildman–Crippen MR) is 208 cm³/mol. The zero-order valence-corrected chi connectivity index (χ0v) is 30.6. The van der Waals surface area contributed by atoms with Crippen LogP contribution in [0.1, 0.15) is 77.4 Å². The zero-order chi connectivity index (χ0) is 36.8. The summed E-state index contributed by atoms with van der Waals surface area (Å²) in [6.07, 6.45) is 12.9. The maximum atomic E-state index is 12.3. The van der Waals surface area contributed by atoms with Gasteiger partial charge >= 0.3 is 5.97 Å². The third-order valence-electron chi connectivity index (χ3n) is 8.79. The molecule has 2 aliphatic heterocycles. The Hall–Kier alpha value is -5.44. The number of esters is 1. The molecule has 0 radical (unpaired) electrons. The molecule has 0 bridgehead atoms. The topological polar surface area (TPSA) is 93.0 Å². The standard InChI is InChI=1S/C22H22ClNO3.C20H15ClN2O2/c1-3-4-11-27-22(26)18-8-6-16-5-7-17-13-20(23)9-10-21(17)24(15(2)25)14-19(16)12-18;1-13(24)23-12-17-10-16(20-22-8-9-25-20)5-3-14(17)2-4-15-11-18(21)6-7-19(15)23/h5-10,12-13H,3-4,11,14H2,1-2H3;2-11H,12H2,1H3/b7-5-;4-2-. The van der Waals surface area contributed by atoms with Crippen LogP contribution < -0.4 is 9.80 Å². The highest BCUT2D eigenvalue weighted by Crippen LogP contribution is 2.34. The first-order chi connectivity index (χ1) is 25.1. The summed E-state index contributed by atoms with van der Waals surface area (Å²) >= 11 is 12.2. The molecule has 1 aromatic heterocycles. The number of hydrogen-bond acceptors (Lipinski definition) is 6. The Morgan fingerprint density at radius 3 is 1.83 bits per heavy atom. The zero-order valence-electron chi connectivity index (χ0n) is 29.1. The first-order valence-electron chi connectivity index (χ1n) is 17.0. The SMILES string of the molecule is CC(=O)N1Cc2cc(-c3ncco3)ccc2/C=C\c2cc(Cl)ccc21.CCCCOC(=O)c1ccc2c(c1)CN(C(C)=O)c1ccc(Cl)cc1/C=C\2. The third kappa shape index (κ3) is 8.36. The first kappa shape index (κ1) is 36.4. The second-order valence-corrected chi connectivity index (χ2v) is 13.3. The van der Waals surface area contributed by atoms with Gasteiger partial charge in [-0.15, -0.1) is 0 Å². The number of fused-ring (bicyclic) bond motifs is 4. The van der Waals surface area contributed by atoms with Crippen molar-refractivity contribution in [2.75, 3.05) is 16.4 Å². The quantitative estimate of drug-likeness (QED) is 0.132. The summed E-state index contributed by atoms with van der Waals surface area (Å²) in [6.45, 7) is 6.42. The number of ether oxygens (including phenoxy) is 1. The van der Waals surface area contributed by atoms with Crippen LogP contribution in [0.4, 0.5) is 11.4 Å². The molecule has 10 heteroatoms. The number of nitrogens with zero attached hydrogens (tertiary/aromatic N) is 3. The summed E-state index contributed by atoms with van der Waals surface area (Å²) in [5, 5.41) is 1.26. The smallest absolute Gasteiger partial charge is 0.338 e. The van der Waals surface area contributed by atoms with Gasteiger partial charge in [0.25, 0.3) is 0 Å². The van der Waals surface area contributed by atoms with Gasteiger partial charge in [0, 0.05) is 29.5 Å². The van der Waals surface area contributed by atoms with Gasteiger partial charge in [-0.1, -0.05) is 73.0 Å². The van der Waals surface area contributed by atoms with Crippen molar-refractivity contribution < 1.29 is 23.5 Å². The van der Waals surface area contributed by atoms with Crippen molar-refractivity contribution in [3.63, 3.8) is 0 Å². The summed E-state index contributed by atoms with van der Waals surface area (Å²) in [6, 6.07) is 22.5. The Balaban J connectivity index is 0.000000179. The van der Waals surface area contributed by atoms with Crippen molar-refractivity contribution in [3.05, 3.63) is 134 Å². The lowest BCUT2D eigenvalue weighted by Gasteiger charge is -2.26. The molecule has 0 saturated carbocycles. The number of anilines is 2. The predicted octanol–water partition coefficient (Wildman–Crippen LogP) is 10.4. The van der Waals surface area contributed by atoms with Crippen LogP contribution in [-0.4, -0.2) is 29.4 Å². The molecule has 0 fully saturated rings. The third-order valence-corrected chi connectivity index (χ3v) is 9.26. The van der Waals surface area contributed by atoms with Gasteiger partial charge in [-0.05, 0) is 100 Å². The molecule has 0 spiro atoms. The number of amides is 2. The van der Waals surface area contributed by atoms with Crippen LogP contribution in [-0.2, 0) is 27.4 Å². The highest BCUT2D eigenvalue weighted by atomic mass is 35.5. The van der Waals surface area contributed by atoms with E-state index >= 15 is 0 Å². The lowest BCUT2D eigenvalue weighted by atomic mass is 9.99. The van der Waals surface area contributed by atoms with Gasteiger partial charge in [0.05, 0.1) is 42.8 Å². The Kier molecular flexibility index (Phi) is 11.4. The molecule has 8 nitrogen and oxygen atoms in total. The molecule has 2 aliphatic rings. The molecule has 4 aromatic carbocycles. The summed E-state index contributed by atoms with van der Waals surface area (Å²) < 4.78 is 10.7. The van der Waals surface area contributed by atoms with Gasteiger partial charge in [0.2, 0.25) is 17.7 Å². The van der Waals surface area contributed by atoms with E-state index in [4.69, 9.17) is 32.4 Å². The molecule has 3 heterocycles. The molecule has 52 heavy (non-hydrogen) atoms. The van der Waals surface area contributed by atoms with E-state index in [0.29, 0.717) is 41.2 Å². The lowest BCUT2D eigenvalue weighted by Crippen LogP contribution is -2.29. The Morgan fingerprint density at radius 1 is 0.731 bits per heavy atom. The van der Waals surface area contributed by atoms with Crippen molar-refractivity contribution in [1.82, 2.24) is 4.98 Å². The minimum absolute atomic E-state index is 0.0219. The van der Waals surface area contributed by atoms with Crippen LogP contribution in [0, 0.1) is 0 Å². The normalized spacial score (nSPS) is 14.0. The maximum Gasteiger partial charge on any atom is 0.338 e. The summed E-state index contributed by atoms with van der Waals surface area (Å²) in [4.78, 5) is 44.5. The second kappa shape index (κ2) is 16.3. The monoisotopic (exact) mass is 733 g/mol. The Labute approximate surface area is 312 Å². The van der Waals surface area contributed by atoms with E-state index in [1.54, 1.807) is 47.4 Å². The van der Waals surface area contributed by atoms with Crippen LogP contribution in [0.3, 0.4) is 0 Å². The van der Waals surface area contributed by atoms with Gasteiger partial charge in [0.15, 0.2) is 0 Å². The van der Waals surface area contributed by atoms with Crippen molar-refractivity contribution in [1.29, 1.82) is 0 Å². The number of rotatable bonds is 5. The fraction of sp³-hybridized carbons (Fsp3) is 0.190. The molecule has 0 unspecified atom stereocenters. The summed E-state index contributed by atoms with van der Waals surface area (Å²) in [7, 11) is 0. The average Bonchev–Trinajstić information content (AvgIpc) is 3.66. The number of hydrogen-bond donors (Lipinski definition) is 0. The molecule has 0 atom stereocenters. The van der Waals surface area contributed by atoms with Crippen LogP contribution in [0.15, 0.2) is 89.7 Å². The van der Waals surface area contributed by atoms with E-state index in [9.17, 15) is 14.4 Å². The van der Waals surface area contributed by atoms with E-state index in [1.807, 2.05) is 85.8 Å². The first-order valence-corrected chi connectivity index (χ1v) is 17.7. The highest BCUT2D eigenvalue weighted by molar-refractivity contribution is 6.31. The number of halogens is 2. The molecule has 0 saturated heterocycles. The minimum Gasteiger partial charge on any atom is -0.462 e. The van der Waals surface area contributed by atoms with Gasteiger partial charge in [-0.3, -0.25) is 9.59 Å². The minimum atomic E-state index is -0.334. The Morgan fingerprint density at radius 2 is 1.29 bits per heavy atom. The number of aromatic nitrogens is 1. The van der Waals surface area contributed by atoms with Crippen molar-refractivity contribution >= 4 is 76.7 Å². The molecule has 0 aliphatic carbocycles. The van der Waals surface area contributed by atoms with Crippen molar-refractivity contribution in [3.8, 4) is 11.5 Å². The van der Waals surface area contributed by atoms with Crippen LogP contribution >= 0.6 is 23.2 Å². The van der Waals surface area contributed by atoms with Gasteiger partial charge in [0.1, 0.15) is 6.26 Å². The van der Waals surface area contributed by atoms with Gasteiger partial charge in [-0.25, -0.2) is 9.78 Å².